The van der Waals surface area contributed by atoms with Crippen molar-refractivity contribution in [3.63, 3.8) is 0 Å². The summed E-state index contributed by atoms with van der Waals surface area (Å²) < 4.78 is 8.71. The van der Waals surface area contributed by atoms with Crippen molar-refractivity contribution in [2.24, 2.45) is 5.92 Å². The topological polar surface area (TPSA) is 67.6 Å². The molecule has 4 heterocycles. The molecule has 2 bridgehead atoms. The van der Waals surface area contributed by atoms with Gasteiger partial charge in [-0.2, -0.15) is 0 Å². The highest BCUT2D eigenvalue weighted by atomic mass is 32.1. The summed E-state index contributed by atoms with van der Waals surface area (Å²) in [4.78, 5) is 21.4. The molecule has 0 saturated carbocycles. The zero-order valence-corrected chi connectivity index (χ0v) is 21.3. The van der Waals surface area contributed by atoms with E-state index < -0.39 is 0 Å². The molecule has 2 saturated heterocycles. The summed E-state index contributed by atoms with van der Waals surface area (Å²) in [5.74, 6) is 1.14. The van der Waals surface area contributed by atoms with Crippen molar-refractivity contribution in [1.29, 1.82) is 0 Å². The molecule has 1 aromatic carbocycles. The van der Waals surface area contributed by atoms with Gasteiger partial charge in [-0.25, -0.2) is 4.98 Å². The van der Waals surface area contributed by atoms with Gasteiger partial charge in [-0.1, -0.05) is 13.8 Å². The van der Waals surface area contributed by atoms with Gasteiger partial charge in [0.05, 0.1) is 17.3 Å². The average molecular weight is 482 g/mol. The maximum atomic E-state index is 13.3. The lowest BCUT2D eigenvalue weighted by Crippen LogP contribution is -2.43. The number of piperidine rings is 1. The second-order valence-electron chi connectivity index (χ2n) is 10.4. The Bertz CT molecular complexity index is 1220. The molecule has 2 unspecified atom stereocenters. The van der Waals surface area contributed by atoms with Crippen molar-refractivity contribution < 1.29 is 9.84 Å². The number of hydrogen-bond donors (Lipinski definition) is 1. The van der Waals surface area contributed by atoms with Crippen LogP contribution in [-0.2, 0) is 6.42 Å². The zero-order chi connectivity index (χ0) is 24.0. The number of benzene rings is 1. The summed E-state index contributed by atoms with van der Waals surface area (Å²) in [6.07, 6.45) is 7.73. The molecule has 6 nitrogen and oxygen atoms in total. The van der Waals surface area contributed by atoms with Crippen molar-refractivity contribution in [3.05, 3.63) is 51.4 Å². The number of nitrogens with zero attached hydrogens (tertiary/aromatic N) is 3. The number of aliphatic hydroxyl groups excluding tert-OH is 1. The van der Waals surface area contributed by atoms with Gasteiger partial charge in [-0.3, -0.25) is 9.36 Å². The van der Waals surface area contributed by atoms with E-state index in [9.17, 15) is 9.90 Å². The fraction of sp³-hybridized carbons (Fsp3) is 0.556. The first-order valence-corrected chi connectivity index (χ1v) is 13.3. The minimum absolute atomic E-state index is 0.0504. The number of aliphatic hydroxyl groups is 1. The van der Waals surface area contributed by atoms with Gasteiger partial charge in [-0.05, 0) is 88.2 Å². The predicted octanol–water partition coefficient (Wildman–Crippen LogP) is 4.71. The lowest BCUT2D eigenvalue weighted by Gasteiger charge is -2.36. The molecule has 2 aromatic heterocycles. The Kier molecular flexibility index (Phi) is 6.53. The Labute approximate surface area is 205 Å². The van der Waals surface area contributed by atoms with Gasteiger partial charge in [0, 0.05) is 17.0 Å². The first kappa shape index (κ1) is 23.5. The van der Waals surface area contributed by atoms with Crippen molar-refractivity contribution in [3.8, 4) is 11.4 Å². The van der Waals surface area contributed by atoms with Crippen molar-refractivity contribution in [2.45, 2.75) is 83.6 Å². The molecule has 0 amide bonds. The van der Waals surface area contributed by atoms with Crippen LogP contribution >= 0.6 is 11.3 Å². The minimum atomic E-state index is -0.330. The van der Waals surface area contributed by atoms with Crippen molar-refractivity contribution >= 4 is 21.6 Å². The second-order valence-corrected chi connectivity index (χ2v) is 11.5. The van der Waals surface area contributed by atoms with Gasteiger partial charge < -0.3 is 14.7 Å². The molecule has 3 aromatic rings. The Balaban J connectivity index is 1.33. The van der Waals surface area contributed by atoms with E-state index in [4.69, 9.17) is 4.74 Å². The SMILES string of the molecule is Cc1cc(-n2cnc3cc(CCC(O)C(C)C)sc3c2=O)ccc1OC1C[C@H]2CC[C@@H](C1)N2C. The lowest BCUT2D eigenvalue weighted by molar-refractivity contribution is 0.0657. The van der Waals surface area contributed by atoms with E-state index in [0.29, 0.717) is 23.2 Å². The fourth-order valence-corrected chi connectivity index (χ4v) is 6.50. The fourth-order valence-electron chi connectivity index (χ4n) is 5.45. The summed E-state index contributed by atoms with van der Waals surface area (Å²) in [7, 11) is 2.24. The van der Waals surface area contributed by atoms with Gasteiger partial charge in [0.2, 0.25) is 0 Å². The van der Waals surface area contributed by atoms with Crippen molar-refractivity contribution in [1.82, 2.24) is 14.5 Å². The highest BCUT2D eigenvalue weighted by Gasteiger charge is 2.39. The maximum Gasteiger partial charge on any atom is 0.275 e. The first-order chi connectivity index (χ1) is 16.3. The molecule has 2 aliphatic heterocycles. The molecular formula is C27H35N3O3S. The minimum Gasteiger partial charge on any atom is -0.490 e. The van der Waals surface area contributed by atoms with Gasteiger partial charge in [0.25, 0.3) is 5.56 Å². The summed E-state index contributed by atoms with van der Waals surface area (Å²) in [6, 6.07) is 9.23. The van der Waals surface area contributed by atoms with E-state index in [0.717, 1.165) is 46.7 Å². The number of hydrogen-bond acceptors (Lipinski definition) is 6. The number of aryl methyl sites for hydroxylation is 2. The summed E-state index contributed by atoms with van der Waals surface area (Å²) in [5.41, 5.74) is 2.52. The molecule has 2 aliphatic rings. The van der Waals surface area contributed by atoms with Gasteiger partial charge in [0.1, 0.15) is 22.9 Å². The summed E-state index contributed by atoms with van der Waals surface area (Å²) in [6.45, 7) is 6.08. The van der Waals surface area contributed by atoms with Crippen LogP contribution in [-0.4, -0.2) is 50.9 Å². The third kappa shape index (κ3) is 4.53. The van der Waals surface area contributed by atoms with Gasteiger partial charge in [-0.15, -0.1) is 11.3 Å². The molecule has 1 N–H and O–H groups in total. The molecule has 34 heavy (non-hydrogen) atoms. The van der Waals surface area contributed by atoms with Crippen LogP contribution in [0.4, 0.5) is 0 Å². The average Bonchev–Trinajstić information content (AvgIpc) is 3.30. The molecular weight excluding hydrogens is 446 g/mol. The largest absolute Gasteiger partial charge is 0.490 e. The molecule has 2 fully saturated rings. The van der Waals surface area contributed by atoms with Crippen LogP contribution in [0.3, 0.4) is 0 Å². The molecule has 182 valence electrons. The molecule has 5 rings (SSSR count). The van der Waals surface area contributed by atoms with Crippen molar-refractivity contribution in [2.75, 3.05) is 7.05 Å². The van der Waals surface area contributed by atoms with Crippen LogP contribution in [0.1, 0.15) is 56.4 Å². The Morgan fingerprint density at radius 1 is 1.21 bits per heavy atom. The van der Waals surface area contributed by atoms with E-state index in [1.54, 1.807) is 10.9 Å². The van der Waals surface area contributed by atoms with Gasteiger partial charge in [0.15, 0.2) is 0 Å². The summed E-state index contributed by atoms with van der Waals surface area (Å²) in [5, 5.41) is 10.1. The number of aromatic nitrogens is 2. The summed E-state index contributed by atoms with van der Waals surface area (Å²) >= 11 is 1.49. The van der Waals surface area contributed by atoms with E-state index in [-0.39, 0.29) is 23.7 Å². The number of fused-ring (bicyclic) bond motifs is 3. The molecule has 4 atom stereocenters. The highest BCUT2D eigenvalue weighted by molar-refractivity contribution is 7.18. The Morgan fingerprint density at radius 3 is 2.62 bits per heavy atom. The number of ether oxygens (including phenoxy) is 1. The third-order valence-electron chi connectivity index (χ3n) is 7.73. The normalized spacial score (nSPS) is 23.6. The monoisotopic (exact) mass is 481 g/mol. The number of rotatable bonds is 7. The lowest BCUT2D eigenvalue weighted by atomic mass is 10.0. The van der Waals surface area contributed by atoms with Crippen LogP contribution in [0, 0.1) is 12.8 Å². The highest BCUT2D eigenvalue weighted by Crippen LogP contribution is 2.36. The quantitative estimate of drug-likeness (QED) is 0.529. The third-order valence-corrected chi connectivity index (χ3v) is 8.90. The van der Waals surface area contributed by atoms with E-state index >= 15 is 0 Å². The van der Waals surface area contributed by atoms with E-state index in [1.807, 2.05) is 45.0 Å². The first-order valence-electron chi connectivity index (χ1n) is 12.5. The molecule has 7 heteroatoms. The van der Waals surface area contributed by atoms with Crippen LogP contribution in [0.2, 0.25) is 0 Å². The molecule has 0 aliphatic carbocycles. The van der Waals surface area contributed by atoms with Crippen LogP contribution in [0.5, 0.6) is 5.75 Å². The maximum absolute atomic E-state index is 13.3. The number of thiophene rings is 1. The van der Waals surface area contributed by atoms with E-state index in [2.05, 4.69) is 16.9 Å². The standard InChI is InChI=1S/C27H35N3O3S/c1-16(2)24(31)9-8-22-14-23-26(34-22)27(32)30(15-28-23)20-7-10-25(17(3)11-20)33-21-12-18-5-6-19(13-21)29(18)4/h7,10-11,14-16,18-19,21,24,31H,5-6,8-9,12-13H2,1-4H3/t18-,19+,21?,24?. The predicted molar refractivity (Wildman–Crippen MR) is 137 cm³/mol. The van der Waals surface area contributed by atoms with E-state index in [1.165, 1.54) is 24.2 Å². The van der Waals surface area contributed by atoms with Crippen LogP contribution in [0.25, 0.3) is 15.9 Å². The second kappa shape index (κ2) is 9.44. The Hall–Kier alpha value is -2.22. The molecule has 0 radical (unpaired) electrons. The van der Waals surface area contributed by atoms with Crippen LogP contribution in [0.15, 0.2) is 35.4 Å². The molecule has 0 spiro atoms. The zero-order valence-electron chi connectivity index (χ0n) is 20.5. The Morgan fingerprint density at radius 2 is 1.94 bits per heavy atom. The van der Waals surface area contributed by atoms with Gasteiger partial charge >= 0.3 is 0 Å². The van der Waals surface area contributed by atoms with Crippen LogP contribution < -0.4 is 10.3 Å². The smallest absolute Gasteiger partial charge is 0.275 e.